The number of halogens is 2. The van der Waals surface area contributed by atoms with Crippen LogP contribution in [0.4, 0.5) is 10.3 Å². The van der Waals surface area contributed by atoms with Crippen LogP contribution in [0.25, 0.3) is 0 Å². The zero-order valence-corrected chi connectivity index (χ0v) is 12.4. The maximum atomic E-state index is 13.3. The van der Waals surface area contributed by atoms with E-state index in [2.05, 4.69) is 36.4 Å². The van der Waals surface area contributed by atoms with Crippen molar-refractivity contribution in [3.8, 4) is 0 Å². The lowest BCUT2D eigenvalue weighted by molar-refractivity contribution is 0.0389. The summed E-state index contributed by atoms with van der Waals surface area (Å²) in [5, 5.41) is 11.5. The molecule has 1 unspecified atom stereocenters. The Morgan fingerprint density at radius 1 is 1.45 bits per heavy atom. The fraction of sp³-hybridized carbons (Fsp3) is 0.417. The van der Waals surface area contributed by atoms with Crippen LogP contribution in [0.5, 0.6) is 0 Å². The summed E-state index contributed by atoms with van der Waals surface area (Å²) in [6.45, 7) is 1.94. The van der Waals surface area contributed by atoms with Crippen LogP contribution in [0.3, 0.4) is 0 Å². The number of hydrogen-bond acceptors (Lipinski definition) is 5. The van der Waals surface area contributed by atoms with E-state index in [1.54, 1.807) is 23.9 Å². The number of aromatic nitrogens is 4. The molecular weight excluding hydrogens is 329 g/mol. The van der Waals surface area contributed by atoms with Crippen LogP contribution in [0.1, 0.15) is 11.7 Å². The molecule has 0 amide bonds. The summed E-state index contributed by atoms with van der Waals surface area (Å²) in [6, 6.07) is 4.92. The second-order valence-electron chi connectivity index (χ2n) is 4.58. The van der Waals surface area contributed by atoms with Gasteiger partial charge in [0.25, 0.3) is 0 Å². The highest BCUT2D eigenvalue weighted by Gasteiger charge is 2.25. The molecule has 106 valence electrons. The fourth-order valence-electron chi connectivity index (χ4n) is 2.24. The lowest BCUT2D eigenvalue weighted by atomic mass is 10.1. The normalized spacial score (nSPS) is 19.4. The van der Waals surface area contributed by atoms with E-state index in [0.717, 1.165) is 12.1 Å². The van der Waals surface area contributed by atoms with Gasteiger partial charge >= 0.3 is 0 Å². The number of tetrazole rings is 1. The van der Waals surface area contributed by atoms with Crippen molar-refractivity contribution in [3.63, 3.8) is 0 Å². The van der Waals surface area contributed by atoms with Gasteiger partial charge in [-0.25, -0.2) is 9.07 Å². The summed E-state index contributed by atoms with van der Waals surface area (Å²) in [5.74, 6) is 0.429. The Kier molecular flexibility index (Phi) is 3.66. The Labute approximate surface area is 123 Å². The third-order valence-corrected chi connectivity index (χ3v) is 3.87. The van der Waals surface area contributed by atoms with Gasteiger partial charge in [0.2, 0.25) is 5.95 Å². The average Bonchev–Trinajstić information content (AvgIpc) is 2.88. The summed E-state index contributed by atoms with van der Waals surface area (Å²) in [4.78, 5) is 2.06. The number of nitrogens with zero attached hydrogens (tertiary/aromatic N) is 5. The van der Waals surface area contributed by atoms with Gasteiger partial charge in [0, 0.05) is 13.6 Å². The summed E-state index contributed by atoms with van der Waals surface area (Å²) in [6.07, 6.45) is -0.127. The first-order valence-electron chi connectivity index (χ1n) is 6.19. The quantitative estimate of drug-likeness (QED) is 0.831. The van der Waals surface area contributed by atoms with Gasteiger partial charge in [-0.2, -0.15) is 0 Å². The minimum Gasteiger partial charge on any atom is -0.370 e. The van der Waals surface area contributed by atoms with E-state index in [-0.39, 0.29) is 11.9 Å². The van der Waals surface area contributed by atoms with Gasteiger partial charge in [0.05, 0.1) is 17.6 Å². The molecule has 0 aliphatic carbocycles. The molecule has 3 rings (SSSR count). The summed E-state index contributed by atoms with van der Waals surface area (Å²) in [7, 11) is 1.80. The van der Waals surface area contributed by atoms with Gasteiger partial charge < -0.3 is 9.64 Å². The molecule has 8 heteroatoms. The Hall–Kier alpha value is -1.54. The summed E-state index contributed by atoms with van der Waals surface area (Å²) in [5.41, 5.74) is 0.929. The number of ether oxygens (including phenoxy) is 1. The molecule has 0 N–H and O–H groups in total. The first-order chi connectivity index (χ1) is 9.65. The van der Waals surface area contributed by atoms with Crippen LogP contribution in [0.15, 0.2) is 22.7 Å². The predicted molar refractivity (Wildman–Crippen MR) is 73.8 cm³/mol. The zero-order chi connectivity index (χ0) is 14.1. The van der Waals surface area contributed by atoms with Gasteiger partial charge in [-0.15, -0.1) is 0 Å². The molecule has 1 fully saturated rings. The van der Waals surface area contributed by atoms with Gasteiger partial charge in [-0.05, 0) is 44.1 Å². The van der Waals surface area contributed by atoms with Crippen LogP contribution < -0.4 is 4.90 Å². The molecule has 2 heterocycles. The predicted octanol–water partition coefficient (Wildman–Crippen LogP) is 1.69. The lowest BCUT2D eigenvalue weighted by Crippen LogP contribution is -2.39. The number of benzene rings is 1. The Morgan fingerprint density at radius 3 is 3.00 bits per heavy atom. The number of anilines is 1. The Bertz CT molecular complexity index is 620. The zero-order valence-electron chi connectivity index (χ0n) is 10.8. The molecule has 2 aromatic rings. The maximum absolute atomic E-state index is 13.3. The van der Waals surface area contributed by atoms with E-state index >= 15 is 0 Å². The molecule has 0 bridgehead atoms. The van der Waals surface area contributed by atoms with Crippen LogP contribution in [-0.4, -0.2) is 39.9 Å². The molecule has 0 saturated carbocycles. The molecule has 1 aliphatic heterocycles. The van der Waals surface area contributed by atoms with Crippen molar-refractivity contribution < 1.29 is 9.13 Å². The smallest absolute Gasteiger partial charge is 0.245 e. The number of aryl methyl sites for hydroxylation is 1. The molecule has 1 saturated heterocycles. The van der Waals surface area contributed by atoms with Gasteiger partial charge in [0.15, 0.2) is 0 Å². The van der Waals surface area contributed by atoms with Gasteiger partial charge in [-0.1, -0.05) is 11.2 Å². The van der Waals surface area contributed by atoms with Crippen molar-refractivity contribution in [1.82, 2.24) is 20.2 Å². The van der Waals surface area contributed by atoms with E-state index in [1.165, 1.54) is 6.07 Å². The highest BCUT2D eigenvalue weighted by atomic mass is 79.9. The third kappa shape index (κ3) is 2.53. The SMILES string of the molecule is Cn1nnnc1N1CCOC(c2ccc(F)c(Br)c2)C1. The van der Waals surface area contributed by atoms with Crippen molar-refractivity contribution >= 4 is 21.9 Å². The van der Waals surface area contributed by atoms with Gasteiger partial charge in [-0.3, -0.25) is 0 Å². The monoisotopic (exact) mass is 341 g/mol. The second kappa shape index (κ2) is 5.45. The summed E-state index contributed by atoms with van der Waals surface area (Å²) >= 11 is 3.20. The Balaban J connectivity index is 1.81. The Morgan fingerprint density at radius 2 is 2.30 bits per heavy atom. The van der Waals surface area contributed by atoms with Gasteiger partial charge in [0.1, 0.15) is 11.9 Å². The third-order valence-electron chi connectivity index (χ3n) is 3.26. The molecule has 0 spiro atoms. The summed E-state index contributed by atoms with van der Waals surface area (Å²) < 4.78 is 21.1. The minimum atomic E-state index is -0.279. The minimum absolute atomic E-state index is 0.127. The van der Waals surface area contributed by atoms with E-state index in [4.69, 9.17) is 4.74 Å². The van der Waals surface area contributed by atoms with Crippen molar-refractivity contribution in [1.29, 1.82) is 0 Å². The van der Waals surface area contributed by atoms with E-state index in [1.807, 2.05) is 0 Å². The molecular formula is C12H13BrFN5O. The van der Waals surface area contributed by atoms with Crippen molar-refractivity contribution in [2.24, 2.45) is 7.05 Å². The lowest BCUT2D eigenvalue weighted by Gasteiger charge is -2.33. The topological polar surface area (TPSA) is 56.1 Å². The number of morpholine rings is 1. The van der Waals surface area contributed by atoms with Crippen molar-refractivity contribution in [2.75, 3.05) is 24.6 Å². The fourth-order valence-corrected chi connectivity index (χ4v) is 2.63. The first-order valence-corrected chi connectivity index (χ1v) is 6.98. The largest absolute Gasteiger partial charge is 0.370 e. The van der Waals surface area contributed by atoms with Crippen molar-refractivity contribution in [3.05, 3.63) is 34.1 Å². The molecule has 20 heavy (non-hydrogen) atoms. The standard InChI is InChI=1S/C12H13BrFN5O/c1-18-12(15-16-17-18)19-4-5-20-11(7-19)8-2-3-10(14)9(13)6-8/h2-3,6,11H,4-5,7H2,1H3. The average molecular weight is 342 g/mol. The molecule has 1 aliphatic rings. The highest BCUT2D eigenvalue weighted by molar-refractivity contribution is 9.10. The van der Waals surface area contributed by atoms with Crippen LogP contribution in [0, 0.1) is 5.82 Å². The van der Waals surface area contributed by atoms with Crippen LogP contribution in [0.2, 0.25) is 0 Å². The molecule has 1 atom stereocenters. The van der Waals surface area contributed by atoms with Crippen LogP contribution >= 0.6 is 15.9 Å². The molecule has 0 radical (unpaired) electrons. The van der Waals surface area contributed by atoms with E-state index in [9.17, 15) is 4.39 Å². The number of rotatable bonds is 2. The van der Waals surface area contributed by atoms with Crippen LogP contribution in [-0.2, 0) is 11.8 Å². The molecule has 6 nitrogen and oxygen atoms in total. The number of hydrogen-bond donors (Lipinski definition) is 0. The van der Waals surface area contributed by atoms with E-state index < -0.39 is 0 Å². The molecule has 1 aromatic carbocycles. The van der Waals surface area contributed by atoms with E-state index in [0.29, 0.717) is 23.6 Å². The highest BCUT2D eigenvalue weighted by Crippen LogP contribution is 2.27. The van der Waals surface area contributed by atoms with Crippen molar-refractivity contribution in [2.45, 2.75) is 6.10 Å². The second-order valence-corrected chi connectivity index (χ2v) is 5.44. The molecule has 1 aromatic heterocycles. The maximum Gasteiger partial charge on any atom is 0.245 e. The first kappa shape index (κ1) is 13.4.